The first-order chi connectivity index (χ1) is 9.95. The molecule has 1 aromatic rings. The first-order valence-electron chi connectivity index (χ1n) is 7.26. The molecule has 0 saturated carbocycles. The van der Waals surface area contributed by atoms with E-state index in [2.05, 4.69) is 13.8 Å². The molecule has 1 heterocycles. The van der Waals surface area contributed by atoms with E-state index in [1.807, 2.05) is 0 Å². The van der Waals surface area contributed by atoms with Gasteiger partial charge in [0.1, 0.15) is 0 Å². The Morgan fingerprint density at radius 1 is 1.19 bits per heavy atom. The third-order valence-electron chi connectivity index (χ3n) is 3.69. The molecule has 114 valence electrons. The Labute approximate surface area is 125 Å². The molecule has 5 heteroatoms. The predicted octanol–water partition coefficient (Wildman–Crippen LogP) is 1.93. The smallest absolute Gasteiger partial charge is 0.338 e. The predicted molar refractivity (Wildman–Crippen MR) is 80.7 cm³/mol. The molecule has 1 aromatic carbocycles. The van der Waals surface area contributed by atoms with Gasteiger partial charge in [0.25, 0.3) is 5.91 Å². The Balaban J connectivity index is 1.86. The van der Waals surface area contributed by atoms with Gasteiger partial charge in [-0.2, -0.15) is 0 Å². The second-order valence-corrected chi connectivity index (χ2v) is 5.94. The number of benzene rings is 1. The maximum Gasteiger partial charge on any atom is 0.338 e. The minimum atomic E-state index is -0.499. The van der Waals surface area contributed by atoms with Crippen molar-refractivity contribution in [2.24, 2.45) is 11.8 Å². The zero-order valence-corrected chi connectivity index (χ0v) is 12.5. The number of carbonyl (C=O) groups excluding carboxylic acids is 2. The van der Waals surface area contributed by atoms with Crippen molar-refractivity contribution in [2.45, 2.75) is 20.3 Å². The molecule has 1 aliphatic heterocycles. The third-order valence-corrected chi connectivity index (χ3v) is 3.69. The summed E-state index contributed by atoms with van der Waals surface area (Å²) in [5, 5.41) is 0. The normalized spacial score (nSPS) is 21.9. The number of nitrogens with two attached hydrogens (primary N) is 1. The van der Waals surface area contributed by atoms with Crippen LogP contribution in [0.1, 0.15) is 30.6 Å². The molecule has 5 nitrogen and oxygen atoms in total. The number of hydrogen-bond acceptors (Lipinski definition) is 4. The van der Waals surface area contributed by atoms with Crippen molar-refractivity contribution in [3.8, 4) is 0 Å². The first-order valence-corrected chi connectivity index (χ1v) is 7.26. The third kappa shape index (κ3) is 4.21. The number of nitrogen functional groups attached to an aromatic ring is 1. The van der Waals surface area contributed by atoms with Crippen molar-refractivity contribution in [3.05, 3.63) is 29.8 Å². The Kier molecular flexibility index (Phi) is 4.83. The van der Waals surface area contributed by atoms with Crippen LogP contribution in [-0.2, 0) is 9.53 Å². The van der Waals surface area contributed by atoms with Crippen LogP contribution in [0.4, 0.5) is 5.69 Å². The molecule has 1 fully saturated rings. The quantitative estimate of drug-likeness (QED) is 0.682. The highest BCUT2D eigenvalue weighted by atomic mass is 16.5. The van der Waals surface area contributed by atoms with Gasteiger partial charge in [-0.1, -0.05) is 13.8 Å². The average Bonchev–Trinajstić information content (AvgIpc) is 2.44. The topological polar surface area (TPSA) is 72.6 Å². The molecular weight excluding hydrogens is 268 g/mol. The molecule has 0 spiro atoms. The number of hydrogen-bond donors (Lipinski definition) is 1. The summed E-state index contributed by atoms with van der Waals surface area (Å²) in [6, 6.07) is 6.44. The van der Waals surface area contributed by atoms with Gasteiger partial charge in [0.15, 0.2) is 6.61 Å². The van der Waals surface area contributed by atoms with Crippen LogP contribution in [-0.4, -0.2) is 36.5 Å². The number of rotatable bonds is 3. The second-order valence-electron chi connectivity index (χ2n) is 5.94. The molecule has 2 N–H and O–H groups in total. The number of esters is 1. The van der Waals surface area contributed by atoms with E-state index in [1.54, 1.807) is 29.2 Å². The first kappa shape index (κ1) is 15.4. The maximum absolute atomic E-state index is 12.1. The Hall–Kier alpha value is -2.04. The van der Waals surface area contributed by atoms with Gasteiger partial charge in [0, 0.05) is 18.8 Å². The zero-order valence-electron chi connectivity index (χ0n) is 12.5. The number of piperidine rings is 1. The largest absolute Gasteiger partial charge is 0.452 e. The van der Waals surface area contributed by atoms with Crippen molar-refractivity contribution in [2.75, 3.05) is 25.4 Å². The molecule has 1 amide bonds. The Morgan fingerprint density at radius 3 is 2.33 bits per heavy atom. The van der Waals surface area contributed by atoms with E-state index in [-0.39, 0.29) is 12.5 Å². The van der Waals surface area contributed by atoms with Crippen molar-refractivity contribution in [3.63, 3.8) is 0 Å². The van der Waals surface area contributed by atoms with Crippen LogP contribution < -0.4 is 5.73 Å². The minimum Gasteiger partial charge on any atom is -0.452 e. The van der Waals surface area contributed by atoms with Gasteiger partial charge in [-0.15, -0.1) is 0 Å². The van der Waals surface area contributed by atoms with Crippen molar-refractivity contribution in [1.29, 1.82) is 0 Å². The van der Waals surface area contributed by atoms with Gasteiger partial charge in [-0.25, -0.2) is 4.79 Å². The second kappa shape index (κ2) is 6.61. The zero-order chi connectivity index (χ0) is 15.4. The van der Waals surface area contributed by atoms with E-state index in [0.29, 0.717) is 23.1 Å². The van der Waals surface area contributed by atoms with Crippen molar-refractivity contribution < 1.29 is 14.3 Å². The number of nitrogens with zero attached hydrogens (tertiary/aromatic N) is 1. The van der Waals surface area contributed by atoms with Crippen LogP contribution in [0, 0.1) is 11.8 Å². The number of carbonyl (C=O) groups is 2. The van der Waals surface area contributed by atoms with Crippen LogP contribution in [0.3, 0.4) is 0 Å². The van der Waals surface area contributed by atoms with Crippen LogP contribution >= 0.6 is 0 Å². The number of ether oxygens (including phenoxy) is 1. The lowest BCUT2D eigenvalue weighted by atomic mass is 9.92. The maximum atomic E-state index is 12.1. The molecule has 0 aliphatic carbocycles. The van der Waals surface area contributed by atoms with E-state index < -0.39 is 5.97 Å². The van der Waals surface area contributed by atoms with E-state index in [1.165, 1.54) is 0 Å². The standard InChI is InChI=1S/C16H22N2O3/c1-11-7-12(2)9-18(8-11)15(19)10-21-16(20)13-3-5-14(17)6-4-13/h3-6,11-12H,7-10,17H2,1-2H3. The summed E-state index contributed by atoms with van der Waals surface area (Å²) in [6.07, 6.45) is 1.13. The van der Waals surface area contributed by atoms with Gasteiger partial charge in [-0.3, -0.25) is 4.79 Å². The molecule has 2 atom stereocenters. The Bertz CT molecular complexity index is 503. The molecule has 0 radical (unpaired) electrons. The lowest BCUT2D eigenvalue weighted by molar-refractivity contribution is -0.137. The fourth-order valence-corrected chi connectivity index (χ4v) is 2.79. The van der Waals surface area contributed by atoms with E-state index in [9.17, 15) is 9.59 Å². The summed E-state index contributed by atoms with van der Waals surface area (Å²) in [5.41, 5.74) is 6.54. The number of amides is 1. The highest BCUT2D eigenvalue weighted by molar-refractivity contribution is 5.91. The van der Waals surface area contributed by atoms with Crippen LogP contribution in [0.25, 0.3) is 0 Å². The summed E-state index contributed by atoms with van der Waals surface area (Å²) in [4.78, 5) is 25.7. The van der Waals surface area contributed by atoms with Gasteiger partial charge in [0.05, 0.1) is 5.56 Å². The summed E-state index contributed by atoms with van der Waals surface area (Å²) in [5.74, 6) is 0.356. The molecule has 0 bridgehead atoms. The van der Waals surface area contributed by atoms with E-state index in [4.69, 9.17) is 10.5 Å². The number of anilines is 1. The molecule has 1 saturated heterocycles. The van der Waals surface area contributed by atoms with Crippen molar-refractivity contribution >= 4 is 17.6 Å². The monoisotopic (exact) mass is 290 g/mol. The van der Waals surface area contributed by atoms with Gasteiger partial charge in [-0.05, 0) is 42.5 Å². The van der Waals surface area contributed by atoms with Crippen LogP contribution in [0.2, 0.25) is 0 Å². The highest BCUT2D eigenvalue weighted by Crippen LogP contribution is 2.21. The van der Waals surface area contributed by atoms with Crippen molar-refractivity contribution in [1.82, 2.24) is 4.90 Å². The summed E-state index contributed by atoms with van der Waals surface area (Å²) >= 11 is 0. The van der Waals surface area contributed by atoms with E-state index >= 15 is 0 Å². The van der Waals surface area contributed by atoms with Crippen LogP contribution in [0.5, 0.6) is 0 Å². The molecule has 1 aliphatic rings. The molecule has 2 unspecified atom stereocenters. The lowest BCUT2D eigenvalue weighted by Crippen LogP contribution is -2.44. The summed E-state index contributed by atoms with van der Waals surface area (Å²) < 4.78 is 5.08. The molecule has 21 heavy (non-hydrogen) atoms. The SMILES string of the molecule is CC1CC(C)CN(C(=O)COC(=O)c2ccc(N)cc2)C1. The van der Waals surface area contributed by atoms with Gasteiger partial charge < -0.3 is 15.4 Å². The number of likely N-dealkylation sites (tertiary alicyclic amines) is 1. The minimum absolute atomic E-state index is 0.128. The average molecular weight is 290 g/mol. The fourth-order valence-electron chi connectivity index (χ4n) is 2.79. The highest BCUT2D eigenvalue weighted by Gasteiger charge is 2.25. The molecule has 2 rings (SSSR count). The molecule has 0 aromatic heterocycles. The van der Waals surface area contributed by atoms with Gasteiger partial charge >= 0.3 is 5.97 Å². The van der Waals surface area contributed by atoms with E-state index in [0.717, 1.165) is 19.5 Å². The Morgan fingerprint density at radius 2 is 1.76 bits per heavy atom. The summed E-state index contributed by atoms with van der Waals surface area (Å²) in [6.45, 7) is 5.54. The van der Waals surface area contributed by atoms with Gasteiger partial charge in [0.2, 0.25) is 0 Å². The molecular formula is C16H22N2O3. The van der Waals surface area contributed by atoms with Crippen LogP contribution in [0.15, 0.2) is 24.3 Å². The lowest BCUT2D eigenvalue weighted by Gasteiger charge is -2.34. The summed E-state index contributed by atoms with van der Waals surface area (Å²) in [7, 11) is 0. The fraction of sp³-hybridized carbons (Fsp3) is 0.500.